The number of oxazole rings is 1. The topological polar surface area (TPSA) is 78.7 Å². The van der Waals surface area contributed by atoms with E-state index in [4.69, 9.17) is 15.6 Å². The average Bonchev–Trinajstić information content (AvgIpc) is 3.19. The highest BCUT2D eigenvalue weighted by molar-refractivity contribution is 7.16. The first kappa shape index (κ1) is 17.8. The van der Waals surface area contributed by atoms with Crippen LogP contribution in [0.15, 0.2) is 56.7 Å². The van der Waals surface area contributed by atoms with Gasteiger partial charge in [0.25, 0.3) is 5.91 Å². The summed E-state index contributed by atoms with van der Waals surface area (Å²) in [6, 6.07) is 12.5. The lowest BCUT2D eigenvalue weighted by molar-refractivity contribution is -0.118. The van der Waals surface area contributed by atoms with E-state index in [1.165, 1.54) is 15.9 Å². The molecule has 2 heterocycles. The third-order valence-electron chi connectivity index (χ3n) is 4.23. The van der Waals surface area contributed by atoms with Crippen LogP contribution in [0.5, 0.6) is 5.75 Å². The number of para-hydroxylation sites is 2. The lowest BCUT2D eigenvalue weighted by Crippen LogP contribution is -2.22. The number of terminal acetylenes is 1. The van der Waals surface area contributed by atoms with Crippen LogP contribution in [0.1, 0.15) is 0 Å². The van der Waals surface area contributed by atoms with Crippen LogP contribution in [-0.2, 0) is 17.9 Å². The molecule has 140 valence electrons. The smallest absolute Gasteiger partial charge is 0.420 e. The van der Waals surface area contributed by atoms with Crippen LogP contribution in [-0.4, -0.2) is 22.2 Å². The molecule has 0 aliphatic rings. The second kappa shape index (κ2) is 7.21. The number of benzene rings is 2. The Bertz CT molecular complexity index is 1360. The molecule has 0 aliphatic carbocycles. The largest absolute Gasteiger partial charge is 0.497 e. The Hall–Kier alpha value is -3.57. The molecule has 0 bridgehead atoms. The Morgan fingerprint density at radius 3 is 2.86 bits per heavy atom. The fourth-order valence-corrected chi connectivity index (χ4v) is 4.03. The number of rotatable bonds is 4. The summed E-state index contributed by atoms with van der Waals surface area (Å²) in [6.45, 7) is 0.0521. The third-order valence-corrected chi connectivity index (χ3v) is 5.27. The molecule has 4 rings (SSSR count). The minimum absolute atomic E-state index is 0.219. The summed E-state index contributed by atoms with van der Waals surface area (Å²) in [5, 5.41) is 0. The van der Waals surface area contributed by atoms with Gasteiger partial charge < -0.3 is 13.7 Å². The number of fused-ring (bicyclic) bond motifs is 2. The van der Waals surface area contributed by atoms with Gasteiger partial charge in [-0.1, -0.05) is 29.4 Å². The fraction of sp³-hybridized carbons (Fsp3) is 0.150. The number of ether oxygens (including phenoxy) is 1. The molecule has 28 heavy (non-hydrogen) atoms. The first-order valence-electron chi connectivity index (χ1n) is 8.37. The Kier molecular flexibility index (Phi) is 4.59. The molecule has 0 spiro atoms. The summed E-state index contributed by atoms with van der Waals surface area (Å²) in [4.78, 5) is 29.3. The Morgan fingerprint density at radius 2 is 2.07 bits per heavy atom. The highest BCUT2D eigenvalue weighted by Crippen LogP contribution is 2.23. The van der Waals surface area contributed by atoms with Gasteiger partial charge >= 0.3 is 5.76 Å². The summed E-state index contributed by atoms with van der Waals surface area (Å²) >= 11 is 1.33. The number of methoxy groups -OCH3 is 1. The number of carbonyl (C=O) groups is 1. The van der Waals surface area contributed by atoms with Crippen LogP contribution in [0.25, 0.3) is 21.3 Å². The highest BCUT2D eigenvalue weighted by Gasteiger charge is 2.13. The van der Waals surface area contributed by atoms with Crippen molar-refractivity contribution in [3.05, 3.63) is 57.8 Å². The maximum atomic E-state index is 12.6. The van der Waals surface area contributed by atoms with E-state index in [1.807, 2.05) is 18.2 Å². The van der Waals surface area contributed by atoms with Crippen LogP contribution in [0.3, 0.4) is 0 Å². The van der Waals surface area contributed by atoms with E-state index in [-0.39, 0.29) is 13.1 Å². The van der Waals surface area contributed by atoms with E-state index in [9.17, 15) is 9.59 Å². The van der Waals surface area contributed by atoms with Crippen LogP contribution in [0.4, 0.5) is 0 Å². The Balaban J connectivity index is 1.77. The molecule has 0 atom stereocenters. The Morgan fingerprint density at radius 1 is 1.25 bits per heavy atom. The molecule has 0 N–H and O–H groups in total. The normalized spacial score (nSPS) is 11.8. The zero-order valence-electron chi connectivity index (χ0n) is 14.9. The summed E-state index contributed by atoms with van der Waals surface area (Å²) in [7, 11) is 1.59. The maximum absolute atomic E-state index is 12.6. The van der Waals surface area contributed by atoms with Crippen LogP contribution in [0.2, 0.25) is 0 Å². The first-order chi connectivity index (χ1) is 13.6. The van der Waals surface area contributed by atoms with E-state index in [1.54, 1.807) is 35.9 Å². The summed E-state index contributed by atoms with van der Waals surface area (Å²) < 4.78 is 14.4. The molecule has 7 nitrogen and oxygen atoms in total. The molecule has 2 aromatic carbocycles. The predicted octanol–water partition coefficient (Wildman–Crippen LogP) is 2.38. The van der Waals surface area contributed by atoms with Gasteiger partial charge in [-0.05, 0) is 30.3 Å². The van der Waals surface area contributed by atoms with Crippen molar-refractivity contribution in [2.45, 2.75) is 13.1 Å². The number of nitrogens with zero attached hydrogens (tertiary/aromatic N) is 3. The molecule has 8 heteroatoms. The monoisotopic (exact) mass is 393 g/mol. The van der Waals surface area contributed by atoms with Gasteiger partial charge in [0.05, 0.1) is 29.4 Å². The van der Waals surface area contributed by atoms with Crippen molar-refractivity contribution in [1.82, 2.24) is 9.13 Å². The van der Waals surface area contributed by atoms with Gasteiger partial charge in [-0.25, -0.2) is 4.79 Å². The first-order valence-corrected chi connectivity index (χ1v) is 9.19. The molecular formula is C20H15N3O4S. The van der Waals surface area contributed by atoms with Crippen molar-refractivity contribution in [3.8, 4) is 18.1 Å². The maximum Gasteiger partial charge on any atom is 0.420 e. The summed E-state index contributed by atoms with van der Waals surface area (Å²) in [6.07, 6.45) is 5.48. The summed E-state index contributed by atoms with van der Waals surface area (Å²) in [5.74, 6) is 2.22. The van der Waals surface area contributed by atoms with Gasteiger partial charge in [0.2, 0.25) is 0 Å². The van der Waals surface area contributed by atoms with Crippen molar-refractivity contribution in [1.29, 1.82) is 0 Å². The second-order valence-electron chi connectivity index (χ2n) is 5.94. The van der Waals surface area contributed by atoms with E-state index >= 15 is 0 Å². The van der Waals surface area contributed by atoms with Crippen molar-refractivity contribution in [3.63, 3.8) is 0 Å². The number of carbonyl (C=O) groups excluding carboxylic acids is 1. The van der Waals surface area contributed by atoms with Gasteiger partial charge in [-0.15, -0.1) is 6.42 Å². The number of hydrogen-bond donors (Lipinski definition) is 0. The van der Waals surface area contributed by atoms with Crippen LogP contribution in [0, 0.1) is 12.3 Å². The fourth-order valence-electron chi connectivity index (χ4n) is 2.95. The predicted molar refractivity (Wildman–Crippen MR) is 106 cm³/mol. The number of thiazole rings is 1. The zero-order valence-corrected chi connectivity index (χ0v) is 15.7. The molecule has 0 saturated heterocycles. The van der Waals surface area contributed by atoms with E-state index in [2.05, 4.69) is 10.9 Å². The average molecular weight is 393 g/mol. The zero-order chi connectivity index (χ0) is 19.7. The molecule has 2 aromatic heterocycles. The molecule has 0 radical (unpaired) electrons. The van der Waals surface area contributed by atoms with Gasteiger partial charge in [-0.3, -0.25) is 9.36 Å². The quantitative estimate of drug-likeness (QED) is 0.499. The van der Waals surface area contributed by atoms with E-state index in [0.29, 0.717) is 21.7 Å². The van der Waals surface area contributed by atoms with Gasteiger partial charge in [-0.2, -0.15) is 4.99 Å². The lowest BCUT2D eigenvalue weighted by Gasteiger charge is -2.02. The third kappa shape index (κ3) is 3.12. The molecule has 0 fully saturated rings. The molecule has 0 saturated carbocycles. The second-order valence-corrected chi connectivity index (χ2v) is 6.95. The minimum Gasteiger partial charge on any atom is -0.497 e. The van der Waals surface area contributed by atoms with E-state index in [0.717, 1.165) is 10.2 Å². The summed E-state index contributed by atoms with van der Waals surface area (Å²) in [5.41, 5.74) is 1.84. The number of aromatic nitrogens is 2. The molecule has 4 aromatic rings. The van der Waals surface area contributed by atoms with Gasteiger partial charge in [0.15, 0.2) is 10.4 Å². The number of amides is 1. The van der Waals surface area contributed by atoms with Gasteiger partial charge in [0, 0.05) is 0 Å². The van der Waals surface area contributed by atoms with E-state index < -0.39 is 11.7 Å². The minimum atomic E-state index is -0.595. The molecule has 1 amide bonds. The lowest BCUT2D eigenvalue weighted by atomic mass is 10.3. The van der Waals surface area contributed by atoms with Crippen LogP contribution < -0.4 is 15.3 Å². The number of hydrogen-bond acceptors (Lipinski definition) is 5. The Labute approximate surface area is 163 Å². The molecular weight excluding hydrogens is 378 g/mol. The highest BCUT2D eigenvalue weighted by atomic mass is 32.1. The van der Waals surface area contributed by atoms with Crippen molar-refractivity contribution in [2.24, 2.45) is 4.99 Å². The SMILES string of the molecule is C#CCn1c(=NC(=O)Cn2c(=O)oc3ccccc32)sc2cc(OC)ccc21. The standard InChI is InChI=1S/C20H15N3O4S/c1-3-10-22-15-9-8-13(26-2)11-17(15)28-19(22)21-18(24)12-23-14-6-4-5-7-16(14)27-20(23)25/h1,4-9,11H,10,12H2,2H3. The van der Waals surface area contributed by atoms with Crippen molar-refractivity contribution in [2.75, 3.05) is 7.11 Å². The molecule has 0 unspecified atom stereocenters. The van der Waals surface area contributed by atoms with Crippen LogP contribution >= 0.6 is 11.3 Å². The van der Waals surface area contributed by atoms with Gasteiger partial charge in [0.1, 0.15) is 12.3 Å². The van der Waals surface area contributed by atoms with Crippen molar-refractivity contribution >= 4 is 38.6 Å². The molecule has 0 aliphatic heterocycles. The van der Waals surface area contributed by atoms with Crippen molar-refractivity contribution < 1.29 is 13.9 Å².